The van der Waals surface area contributed by atoms with Crippen LogP contribution in [0.1, 0.15) is 42.5 Å². The summed E-state index contributed by atoms with van der Waals surface area (Å²) in [6, 6.07) is 6.64. The Morgan fingerprint density at radius 2 is 2.07 bits per heavy atom. The standard InChI is InChI=1S/C19H25N7O/c1-13-10-16(27-23-13)8-9-24(2)15-11-25(12-15)18-7-6-17-20-21-19(26(17)22-18)14-4-3-5-14/h6-7,10,14-15H,3-5,8-9,11-12H2,1-2H3. The SMILES string of the molecule is Cc1cc(CCN(C)C2CN(c3ccc4nnc(C5CCC5)n4n3)C2)on1. The van der Waals surface area contributed by atoms with E-state index in [1.165, 1.54) is 19.3 Å². The molecule has 0 N–H and O–H groups in total. The summed E-state index contributed by atoms with van der Waals surface area (Å²) in [5.74, 6) is 3.52. The first-order chi connectivity index (χ1) is 13.2. The quantitative estimate of drug-likeness (QED) is 0.660. The van der Waals surface area contributed by atoms with Crippen LogP contribution < -0.4 is 4.90 Å². The Hall–Kier alpha value is -2.48. The van der Waals surface area contributed by atoms with Crippen molar-refractivity contribution in [1.82, 2.24) is 29.9 Å². The minimum Gasteiger partial charge on any atom is -0.361 e. The Morgan fingerprint density at radius 1 is 1.22 bits per heavy atom. The van der Waals surface area contributed by atoms with Crippen molar-refractivity contribution in [2.24, 2.45) is 0 Å². The Morgan fingerprint density at radius 3 is 2.78 bits per heavy atom. The van der Waals surface area contributed by atoms with Crippen molar-refractivity contribution in [2.75, 3.05) is 31.6 Å². The molecule has 3 aromatic heterocycles. The third kappa shape index (κ3) is 3.07. The summed E-state index contributed by atoms with van der Waals surface area (Å²) in [7, 11) is 2.18. The Kier molecular flexibility index (Phi) is 4.07. The minimum atomic E-state index is 0.526. The van der Waals surface area contributed by atoms with Gasteiger partial charge >= 0.3 is 0 Å². The maximum absolute atomic E-state index is 5.30. The van der Waals surface area contributed by atoms with Gasteiger partial charge in [0.1, 0.15) is 11.6 Å². The van der Waals surface area contributed by atoms with E-state index in [-0.39, 0.29) is 0 Å². The van der Waals surface area contributed by atoms with E-state index >= 15 is 0 Å². The van der Waals surface area contributed by atoms with E-state index in [0.717, 1.165) is 54.8 Å². The van der Waals surface area contributed by atoms with Gasteiger partial charge in [0.2, 0.25) is 0 Å². The highest BCUT2D eigenvalue weighted by Gasteiger charge is 2.32. The zero-order valence-corrected chi connectivity index (χ0v) is 15.9. The lowest BCUT2D eigenvalue weighted by Gasteiger charge is -2.44. The molecule has 0 aromatic carbocycles. The molecule has 2 fully saturated rings. The molecule has 0 unspecified atom stereocenters. The number of aromatic nitrogens is 5. The molecule has 2 aliphatic rings. The number of anilines is 1. The number of hydrogen-bond donors (Lipinski definition) is 0. The summed E-state index contributed by atoms with van der Waals surface area (Å²) in [6.07, 6.45) is 4.58. The van der Waals surface area contributed by atoms with Crippen LogP contribution in [0.5, 0.6) is 0 Å². The second kappa shape index (κ2) is 6.60. The lowest BCUT2D eigenvalue weighted by molar-refractivity contribution is 0.201. The van der Waals surface area contributed by atoms with Gasteiger partial charge in [-0.2, -0.15) is 4.52 Å². The zero-order valence-electron chi connectivity index (χ0n) is 15.9. The van der Waals surface area contributed by atoms with Crippen LogP contribution in [0.4, 0.5) is 5.82 Å². The molecule has 142 valence electrons. The van der Waals surface area contributed by atoms with Crippen LogP contribution in [0.25, 0.3) is 5.65 Å². The summed E-state index contributed by atoms with van der Waals surface area (Å²) in [6.45, 7) is 4.91. The number of likely N-dealkylation sites (N-methyl/N-ethyl adjacent to an activating group) is 1. The van der Waals surface area contributed by atoms with Crippen LogP contribution in [0.15, 0.2) is 22.7 Å². The molecule has 8 nitrogen and oxygen atoms in total. The molecular weight excluding hydrogens is 342 g/mol. The van der Waals surface area contributed by atoms with Crippen LogP contribution in [-0.4, -0.2) is 62.6 Å². The topological polar surface area (TPSA) is 75.6 Å². The highest BCUT2D eigenvalue weighted by molar-refractivity contribution is 5.48. The fourth-order valence-corrected chi connectivity index (χ4v) is 3.81. The monoisotopic (exact) mass is 367 g/mol. The number of rotatable bonds is 6. The number of aryl methyl sites for hydroxylation is 1. The molecule has 27 heavy (non-hydrogen) atoms. The van der Waals surface area contributed by atoms with Gasteiger partial charge in [-0.3, -0.25) is 4.90 Å². The third-order valence-corrected chi connectivity index (χ3v) is 5.94. The zero-order chi connectivity index (χ0) is 18.4. The smallest absolute Gasteiger partial charge is 0.178 e. The number of nitrogens with zero attached hydrogens (tertiary/aromatic N) is 7. The van der Waals surface area contributed by atoms with Crippen molar-refractivity contribution in [3.05, 3.63) is 35.5 Å². The van der Waals surface area contributed by atoms with E-state index in [2.05, 4.69) is 38.3 Å². The molecule has 0 radical (unpaired) electrons. The number of hydrogen-bond acceptors (Lipinski definition) is 7. The van der Waals surface area contributed by atoms with Crippen LogP contribution >= 0.6 is 0 Å². The van der Waals surface area contributed by atoms with Gasteiger partial charge < -0.3 is 9.42 Å². The molecule has 1 saturated carbocycles. The van der Waals surface area contributed by atoms with Gasteiger partial charge in [0.05, 0.1) is 5.69 Å². The molecule has 0 amide bonds. The molecule has 1 aliphatic heterocycles. The van der Waals surface area contributed by atoms with Gasteiger partial charge in [0, 0.05) is 44.1 Å². The van der Waals surface area contributed by atoms with Crippen LogP contribution in [0.3, 0.4) is 0 Å². The van der Waals surface area contributed by atoms with Crippen molar-refractivity contribution in [3.63, 3.8) is 0 Å². The highest BCUT2D eigenvalue weighted by atomic mass is 16.5. The largest absolute Gasteiger partial charge is 0.361 e. The van der Waals surface area contributed by atoms with E-state index in [0.29, 0.717) is 12.0 Å². The maximum Gasteiger partial charge on any atom is 0.178 e. The van der Waals surface area contributed by atoms with Crippen molar-refractivity contribution in [3.8, 4) is 0 Å². The van der Waals surface area contributed by atoms with Crippen molar-refractivity contribution < 1.29 is 4.52 Å². The highest BCUT2D eigenvalue weighted by Crippen LogP contribution is 2.35. The molecule has 3 aromatic rings. The van der Waals surface area contributed by atoms with Gasteiger partial charge in [-0.15, -0.1) is 15.3 Å². The van der Waals surface area contributed by atoms with Crippen LogP contribution in [0, 0.1) is 6.92 Å². The van der Waals surface area contributed by atoms with Crippen molar-refractivity contribution in [1.29, 1.82) is 0 Å². The van der Waals surface area contributed by atoms with Gasteiger partial charge in [-0.25, -0.2) is 0 Å². The minimum absolute atomic E-state index is 0.526. The molecule has 1 aliphatic carbocycles. The molecule has 0 spiro atoms. The second-order valence-electron chi connectivity index (χ2n) is 7.87. The first-order valence-electron chi connectivity index (χ1n) is 9.77. The van der Waals surface area contributed by atoms with E-state index < -0.39 is 0 Å². The Balaban J connectivity index is 1.21. The van der Waals surface area contributed by atoms with Gasteiger partial charge in [-0.05, 0) is 38.9 Å². The third-order valence-electron chi connectivity index (χ3n) is 5.94. The van der Waals surface area contributed by atoms with E-state index in [9.17, 15) is 0 Å². The van der Waals surface area contributed by atoms with Crippen LogP contribution in [0.2, 0.25) is 0 Å². The lowest BCUT2D eigenvalue weighted by Crippen LogP contribution is -2.59. The van der Waals surface area contributed by atoms with Crippen LogP contribution in [-0.2, 0) is 6.42 Å². The summed E-state index contributed by atoms with van der Waals surface area (Å²) < 4.78 is 7.25. The fourth-order valence-electron chi connectivity index (χ4n) is 3.81. The molecule has 4 heterocycles. The van der Waals surface area contributed by atoms with Gasteiger partial charge in [-0.1, -0.05) is 11.6 Å². The predicted octanol–water partition coefficient (Wildman–Crippen LogP) is 2.05. The average molecular weight is 367 g/mol. The van der Waals surface area contributed by atoms with E-state index in [1.807, 2.05) is 23.6 Å². The second-order valence-corrected chi connectivity index (χ2v) is 7.87. The summed E-state index contributed by atoms with van der Waals surface area (Å²) in [5, 5.41) is 17.4. The Bertz CT molecular complexity index is 939. The summed E-state index contributed by atoms with van der Waals surface area (Å²) in [5.41, 5.74) is 1.79. The number of fused-ring (bicyclic) bond motifs is 1. The molecule has 0 atom stereocenters. The van der Waals surface area contributed by atoms with E-state index in [1.54, 1.807) is 0 Å². The normalized spacial score (nSPS) is 18.3. The molecule has 1 saturated heterocycles. The van der Waals surface area contributed by atoms with E-state index in [4.69, 9.17) is 9.62 Å². The maximum atomic E-state index is 5.30. The molecular formula is C19H25N7O. The Labute approximate surface area is 158 Å². The molecule has 0 bridgehead atoms. The summed E-state index contributed by atoms with van der Waals surface area (Å²) >= 11 is 0. The summed E-state index contributed by atoms with van der Waals surface area (Å²) in [4.78, 5) is 4.72. The van der Waals surface area contributed by atoms with Crippen molar-refractivity contribution >= 4 is 11.5 Å². The first-order valence-corrected chi connectivity index (χ1v) is 9.77. The first kappa shape index (κ1) is 16.7. The van der Waals surface area contributed by atoms with Gasteiger partial charge in [0.15, 0.2) is 11.5 Å². The lowest BCUT2D eigenvalue weighted by atomic mass is 9.85. The average Bonchev–Trinajstić information content (AvgIpc) is 3.17. The predicted molar refractivity (Wildman–Crippen MR) is 101 cm³/mol. The molecule has 8 heteroatoms. The van der Waals surface area contributed by atoms with Gasteiger partial charge in [0.25, 0.3) is 0 Å². The fraction of sp³-hybridized carbons (Fsp3) is 0.579. The molecule has 5 rings (SSSR count). The van der Waals surface area contributed by atoms with Crippen molar-refractivity contribution in [2.45, 2.75) is 44.6 Å².